The molecule has 0 fully saturated rings. The Morgan fingerprint density at radius 3 is 2.31 bits per heavy atom. The van der Waals surface area contributed by atoms with Crippen LogP contribution in [0.25, 0.3) is 0 Å². The molecule has 2 aliphatic rings. The maximum atomic E-state index is 13.1. The first-order chi connectivity index (χ1) is 15.5. The van der Waals surface area contributed by atoms with E-state index in [0.29, 0.717) is 22.6 Å². The highest BCUT2D eigenvalue weighted by Crippen LogP contribution is 2.56. The third kappa shape index (κ3) is 2.72. The van der Waals surface area contributed by atoms with Crippen LogP contribution < -0.4 is 20.1 Å². The average molecular weight is 428 g/mol. The molecule has 1 aliphatic carbocycles. The molecule has 0 saturated carbocycles. The second kappa shape index (κ2) is 7.41. The van der Waals surface area contributed by atoms with Crippen LogP contribution in [0.1, 0.15) is 50.4 Å². The maximum Gasteiger partial charge on any atom is 0.252 e. The van der Waals surface area contributed by atoms with Crippen molar-refractivity contribution < 1.29 is 19.1 Å². The predicted molar refractivity (Wildman–Crippen MR) is 120 cm³/mol. The zero-order chi connectivity index (χ0) is 22.5. The summed E-state index contributed by atoms with van der Waals surface area (Å²) in [4.78, 5) is 26.0. The summed E-state index contributed by atoms with van der Waals surface area (Å²) in [6.45, 7) is 2.05. The Morgan fingerprint density at radius 2 is 1.59 bits per heavy atom. The van der Waals surface area contributed by atoms with Gasteiger partial charge in [-0.15, -0.1) is 0 Å². The summed E-state index contributed by atoms with van der Waals surface area (Å²) in [5, 5.41) is 6.45. The van der Waals surface area contributed by atoms with Crippen molar-refractivity contribution in [3.8, 4) is 11.5 Å². The molecule has 0 saturated heterocycles. The van der Waals surface area contributed by atoms with Crippen LogP contribution in [0.3, 0.4) is 0 Å². The number of hydrogen-bond acceptors (Lipinski definition) is 4. The molecule has 3 atom stereocenters. The van der Waals surface area contributed by atoms with E-state index >= 15 is 0 Å². The van der Waals surface area contributed by atoms with Crippen molar-refractivity contribution in [3.05, 3.63) is 94.5 Å². The predicted octanol–water partition coefficient (Wildman–Crippen LogP) is 3.81. The lowest BCUT2D eigenvalue weighted by atomic mass is 9.78. The van der Waals surface area contributed by atoms with Crippen molar-refractivity contribution in [2.45, 2.75) is 18.5 Å². The van der Waals surface area contributed by atoms with Crippen LogP contribution in [0, 0.1) is 5.92 Å². The lowest BCUT2D eigenvalue weighted by Gasteiger charge is -2.33. The number of rotatable bonds is 4. The summed E-state index contributed by atoms with van der Waals surface area (Å²) in [5.41, 5.74) is 3.16. The fraction of sp³-hybridized carbons (Fsp3) is 0.231. The molecule has 3 aromatic rings. The van der Waals surface area contributed by atoms with Crippen LogP contribution >= 0.6 is 0 Å². The van der Waals surface area contributed by atoms with Crippen LogP contribution in [0.5, 0.6) is 11.5 Å². The quantitative estimate of drug-likeness (QED) is 0.663. The zero-order valence-corrected chi connectivity index (χ0v) is 18.1. The van der Waals surface area contributed by atoms with Crippen molar-refractivity contribution >= 4 is 11.8 Å². The van der Waals surface area contributed by atoms with Crippen LogP contribution in [-0.4, -0.2) is 26.0 Å². The first-order valence-electron chi connectivity index (χ1n) is 10.6. The van der Waals surface area contributed by atoms with E-state index in [4.69, 9.17) is 9.47 Å². The monoisotopic (exact) mass is 428 g/mol. The molecule has 5 rings (SSSR count). The highest BCUT2D eigenvalue weighted by Gasteiger charge is 2.57. The van der Waals surface area contributed by atoms with Crippen molar-refractivity contribution in [1.29, 1.82) is 0 Å². The number of amides is 2. The van der Waals surface area contributed by atoms with Gasteiger partial charge in [-0.2, -0.15) is 0 Å². The number of benzene rings is 3. The lowest BCUT2D eigenvalue weighted by Crippen LogP contribution is -2.46. The average Bonchev–Trinajstić information content (AvgIpc) is 3.25. The molecule has 2 N–H and O–H groups in total. The molecule has 32 heavy (non-hydrogen) atoms. The van der Waals surface area contributed by atoms with Gasteiger partial charge in [-0.05, 0) is 47.0 Å². The molecule has 1 heterocycles. The third-order valence-corrected chi connectivity index (χ3v) is 6.73. The lowest BCUT2D eigenvalue weighted by molar-refractivity contribution is 0.0895. The van der Waals surface area contributed by atoms with E-state index in [1.54, 1.807) is 26.4 Å². The molecular formula is C26H24N2O4. The zero-order valence-electron chi connectivity index (χ0n) is 18.1. The maximum absolute atomic E-state index is 13.1. The van der Waals surface area contributed by atoms with Crippen LogP contribution in [0.15, 0.2) is 66.7 Å². The van der Waals surface area contributed by atoms with E-state index in [1.165, 1.54) is 0 Å². The number of hydrogen-bond donors (Lipinski definition) is 2. The van der Waals surface area contributed by atoms with Crippen LogP contribution in [0.4, 0.5) is 0 Å². The molecule has 0 aromatic heterocycles. The molecular weight excluding hydrogens is 404 g/mol. The highest BCUT2D eigenvalue weighted by molar-refractivity contribution is 6.01. The SMILES string of the molecule is COc1cc2c(cc1OC)[C@]1(NC(=O)c3ccccc31)[C@@H](C)[C@@H]2NC(=O)c1ccccc1. The number of carbonyl (C=O) groups is 2. The Labute approximate surface area is 186 Å². The molecule has 6 nitrogen and oxygen atoms in total. The van der Waals surface area contributed by atoms with Gasteiger partial charge in [0.2, 0.25) is 0 Å². The van der Waals surface area contributed by atoms with Gasteiger partial charge in [-0.1, -0.05) is 43.3 Å². The van der Waals surface area contributed by atoms with Crippen molar-refractivity contribution in [2.75, 3.05) is 14.2 Å². The second-order valence-corrected chi connectivity index (χ2v) is 8.21. The smallest absolute Gasteiger partial charge is 0.252 e. The van der Waals surface area contributed by atoms with E-state index < -0.39 is 5.54 Å². The summed E-state index contributed by atoms with van der Waals surface area (Å²) < 4.78 is 11.1. The van der Waals surface area contributed by atoms with E-state index in [9.17, 15) is 9.59 Å². The number of methoxy groups -OCH3 is 2. The molecule has 6 heteroatoms. The standard InChI is InChI=1S/C26H24N2O4/c1-15-23(27-24(29)16-9-5-4-6-10-16)18-13-21(31-2)22(32-3)14-20(18)26(15)19-12-8-7-11-17(19)25(30)28-26/h4-15,23H,1-3H3,(H,27,29)(H,28,30)/t15-,23-,26-/m0/s1. The van der Waals surface area contributed by atoms with Crippen LogP contribution in [-0.2, 0) is 5.54 Å². The van der Waals surface area contributed by atoms with Crippen LogP contribution in [0.2, 0.25) is 0 Å². The van der Waals surface area contributed by atoms with Gasteiger partial charge in [-0.3, -0.25) is 9.59 Å². The Kier molecular flexibility index (Phi) is 4.66. The Bertz CT molecular complexity index is 1220. The number of ether oxygens (including phenoxy) is 2. The highest BCUT2D eigenvalue weighted by atomic mass is 16.5. The van der Waals surface area contributed by atoms with Crippen molar-refractivity contribution in [1.82, 2.24) is 10.6 Å². The summed E-state index contributed by atoms with van der Waals surface area (Å²) in [7, 11) is 3.17. The van der Waals surface area contributed by atoms with Gasteiger partial charge < -0.3 is 20.1 Å². The number of nitrogens with one attached hydrogen (secondary N) is 2. The second-order valence-electron chi connectivity index (χ2n) is 8.21. The van der Waals surface area contributed by atoms with Crippen molar-refractivity contribution in [3.63, 3.8) is 0 Å². The largest absolute Gasteiger partial charge is 0.493 e. The first kappa shape index (κ1) is 20.1. The number of fused-ring (bicyclic) bond motifs is 4. The Morgan fingerprint density at radius 1 is 0.938 bits per heavy atom. The van der Waals surface area contributed by atoms with E-state index in [-0.39, 0.29) is 23.8 Å². The van der Waals surface area contributed by atoms with E-state index in [0.717, 1.165) is 16.7 Å². The van der Waals surface area contributed by atoms with Gasteiger partial charge in [0.25, 0.3) is 11.8 Å². The minimum atomic E-state index is -0.781. The number of carbonyl (C=O) groups excluding carboxylic acids is 2. The minimum Gasteiger partial charge on any atom is -0.493 e. The topological polar surface area (TPSA) is 76.7 Å². The molecule has 0 unspecified atom stereocenters. The molecule has 0 radical (unpaired) electrons. The van der Waals surface area contributed by atoms with Gasteiger partial charge in [0, 0.05) is 17.0 Å². The van der Waals surface area contributed by atoms with Gasteiger partial charge in [0.15, 0.2) is 11.5 Å². The first-order valence-corrected chi connectivity index (χ1v) is 10.6. The van der Waals surface area contributed by atoms with Crippen molar-refractivity contribution in [2.24, 2.45) is 5.92 Å². The summed E-state index contributed by atoms with van der Waals surface area (Å²) in [6.07, 6.45) is 0. The van der Waals surface area contributed by atoms with E-state index in [1.807, 2.05) is 54.6 Å². The summed E-state index contributed by atoms with van der Waals surface area (Å²) in [6, 6.07) is 20.2. The Balaban J connectivity index is 1.69. The molecule has 162 valence electrons. The van der Waals surface area contributed by atoms with Gasteiger partial charge in [0.1, 0.15) is 0 Å². The summed E-state index contributed by atoms with van der Waals surface area (Å²) >= 11 is 0. The minimum absolute atomic E-state index is 0.122. The van der Waals surface area contributed by atoms with Gasteiger partial charge in [-0.25, -0.2) is 0 Å². The Hall–Kier alpha value is -3.80. The molecule has 2 amide bonds. The fourth-order valence-electron chi connectivity index (χ4n) is 5.19. The fourth-order valence-corrected chi connectivity index (χ4v) is 5.19. The summed E-state index contributed by atoms with van der Waals surface area (Å²) in [5.74, 6) is 0.703. The third-order valence-electron chi connectivity index (χ3n) is 6.73. The normalized spacial score (nSPS) is 22.8. The molecule has 3 aromatic carbocycles. The van der Waals surface area contributed by atoms with Gasteiger partial charge in [0.05, 0.1) is 25.8 Å². The van der Waals surface area contributed by atoms with Gasteiger partial charge >= 0.3 is 0 Å². The molecule has 1 spiro atoms. The molecule has 1 aliphatic heterocycles. The van der Waals surface area contributed by atoms with E-state index in [2.05, 4.69) is 17.6 Å². The molecule has 0 bridgehead atoms.